The fourth-order valence-electron chi connectivity index (χ4n) is 1.83. The molecule has 6 heteroatoms. The lowest BCUT2D eigenvalue weighted by atomic mass is 10.2. The van der Waals surface area contributed by atoms with Gasteiger partial charge in [-0.25, -0.2) is 8.42 Å². The van der Waals surface area contributed by atoms with Crippen LogP contribution < -0.4 is 0 Å². The summed E-state index contributed by atoms with van der Waals surface area (Å²) in [4.78, 5) is 0. The predicted octanol–water partition coefficient (Wildman–Crippen LogP) is 1.69. The van der Waals surface area contributed by atoms with E-state index in [0.717, 1.165) is 0 Å². The third-order valence-corrected chi connectivity index (χ3v) is 4.99. The smallest absolute Gasteiger partial charge is 0.214 e. The van der Waals surface area contributed by atoms with Gasteiger partial charge in [0, 0.05) is 19.0 Å². The fraction of sp³-hybridized carbons (Fsp3) is 1.00. The SMILES string of the molecule is CC(C)CCS(=O)(=O)N1CC(C)OC(CCl)C1. The first kappa shape index (κ1) is 15.2. The summed E-state index contributed by atoms with van der Waals surface area (Å²) >= 11 is 5.74. The molecule has 102 valence electrons. The lowest BCUT2D eigenvalue weighted by Crippen LogP contribution is -2.50. The van der Waals surface area contributed by atoms with Crippen molar-refractivity contribution < 1.29 is 13.2 Å². The van der Waals surface area contributed by atoms with Gasteiger partial charge in [0.2, 0.25) is 10.0 Å². The molecule has 1 heterocycles. The molecule has 1 fully saturated rings. The molecule has 1 rings (SSSR count). The maximum absolute atomic E-state index is 12.1. The van der Waals surface area contributed by atoms with Crippen molar-refractivity contribution in [2.75, 3.05) is 24.7 Å². The number of halogens is 1. The molecular formula is C11H22ClNO3S. The van der Waals surface area contributed by atoms with Crippen molar-refractivity contribution in [3.8, 4) is 0 Å². The van der Waals surface area contributed by atoms with E-state index in [4.69, 9.17) is 16.3 Å². The molecule has 0 N–H and O–H groups in total. The normalized spacial score (nSPS) is 27.6. The van der Waals surface area contributed by atoms with E-state index in [1.54, 1.807) is 0 Å². The van der Waals surface area contributed by atoms with E-state index < -0.39 is 10.0 Å². The Morgan fingerprint density at radius 2 is 2.06 bits per heavy atom. The van der Waals surface area contributed by atoms with E-state index in [1.165, 1.54) is 4.31 Å². The van der Waals surface area contributed by atoms with Crippen molar-refractivity contribution in [1.82, 2.24) is 4.31 Å². The molecule has 0 aromatic rings. The molecule has 17 heavy (non-hydrogen) atoms. The Hall–Kier alpha value is 0.160. The van der Waals surface area contributed by atoms with E-state index in [9.17, 15) is 8.42 Å². The molecule has 0 aromatic heterocycles. The summed E-state index contributed by atoms with van der Waals surface area (Å²) < 4.78 is 31.3. The molecule has 0 amide bonds. The van der Waals surface area contributed by atoms with Gasteiger partial charge in [0.25, 0.3) is 0 Å². The molecule has 0 radical (unpaired) electrons. The summed E-state index contributed by atoms with van der Waals surface area (Å²) in [5.41, 5.74) is 0. The first-order valence-electron chi connectivity index (χ1n) is 6.04. The van der Waals surface area contributed by atoms with Crippen molar-refractivity contribution in [1.29, 1.82) is 0 Å². The molecule has 1 aliphatic rings. The molecule has 2 unspecified atom stereocenters. The second-order valence-electron chi connectivity index (χ2n) is 5.04. The van der Waals surface area contributed by atoms with Crippen molar-refractivity contribution >= 4 is 21.6 Å². The van der Waals surface area contributed by atoms with Gasteiger partial charge < -0.3 is 4.74 Å². The van der Waals surface area contributed by atoms with E-state index in [1.807, 2.05) is 20.8 Å². The summed E-state index contributed by atoms with van der Waals surface area (Å²) in [6, 6.07) is 0. The number of alkyl halides is 1. The van der Waals surface area contributed by atoms with Gasteiger partial charge in [0.1, 0.15) is 0 Å². The minimum absolute atomic E-state index is 0.0821. The highest BCUT2D eigenvalue weighted by Gasteiger charge is 2.32. The maximum Gasteiger partial charge on any atom is 0.214 e. The predicted molar refractivity (Wildman–Crippen MR) is 69.9 cm³/mol. The Morgan fingerprint density at radius 1 is 1.41 bits per heavy atom. The Kier molecular flexibility index (Phi) is 5.70. The number of morpholine rings is 1. The van der Waals surface area contributed by atoms with Gasteiger partial charge in [-0.15, -0.1) is 11.6 Å². The highest BCUT2D eigenvalue weighted by molar-refractivity contribution is 7.89. The van der Waals surface area contributed by atoms with Crippen LogP contribution in [-0.4, -0.2) is 49.7 Å². The topological polar surface area (TPSA) is 46.6 Å². The van der Waals surface area contributed by atoms with Crippen LogP contribution in [0.4, 0.5) is 0 Å². The van der Waals surface area contributed by atoms with Crippen LogP contribution in [0.25, 0.3) is 0 Å². The second-order valence-corrected chi connectivity index (χ2v) is 7.44. The van der Waals surface area contributed by atoms with Crippen LogP contribution in [0.5, 0.6) is 0 Å². The van der Waals surface area contributed by atoms with Gasteiger partial charge >= 0.3 is 0 Å². The average molecular weight is 284 g/mol. The van der Waals surface area contributed by atoms with Crippen LogP contribution in [0.15, 0.2) is 0 Å². The van der Waals surface area contributed by atoms with Crippen LogP contribution in [0.2, 0.25) is 0 Å². The molecule has 0 aromatic carbocycles. The molecular weight excluding hydrogens is 262 g/mol. The van der Waals surface area contributed by atoms with Crippen LogP contribution >= 0.6 is 11.6 Å². The molecule has 2 atom stereocenters. The number of nitrogens with zero attached hydrogens (tertiary/aromatic N) is 1. The highest BCUT2D eigenvalue weighted by Crippen LogP contribution is 2.17. The summed E-state index contributed by atoms with van der Waals surface area (Å²) in [6.45, 7) is 6.75. The number of rotatable bonds is 5. The third kappa shape index (κ3) is 4.73. The zero-order valence-corrected chi connectivity index (χ0v) is 12.3. The van der Waals surface area contributed by atoms with Crippen LogP contribution in [-0.2, 0) is 14.8 Å². The first-order chi connectivity index (χ1) is 7.85. The molecule has 0 saturated carbocycles. The minimum atomic E-state index is -3.16. The lowest BCUT2D eigenvalue weighted by Gasteiger charge is -2.35. The molecule has 1 saturated heterocycles. The summed E-state index contributed by atoms with van der Waals surface area (Å²) in [7, 11) is -3.16. The van der Waals surface area contributed by atoms with Gasteiger partial charge in [0.05, 0.1) is 18.0 Å². The Morgan fingerprint density at radius 3 is 2.59 bits per heavy atom. The van der Waals surface area contributed by atoms with Gasteiger partial charge in [0.15, 0.2) is 0 Å². The zero-order valence-electron chi connectivity index (χ0n) is 10.7. The minimum Gasteiger partial charge on any atom is -0.371 e. The van der Waals surface area contributed by atoms with Gasteiger partial charge in [-0.3, -0.25) is 0 Å². The van der Waals surface area contributed by atoms with E-state index in [2.05, 4.69) is 0 Å². The van der Waals surface area contributed by atoms with Crippen molar-refractivity contribution in [2.24, 2.45) is 5.92 Å². The molecule has 1 aliphatic heterocycles. The quantitative estimate of drug-likeness (QED) is 0.722. The third-order valence-electron chi connectivity index (χ3n) is 2.81. The largest absolute Gasteiger partial charge is 0.371 e. The van der Waals surface area contributed by atoms with Gasteiger partial charge in [-0.1, -0.05) is 13.8 Å². The lowest BCUT2D eigenvalue weighted by molar-refractivity contribution is -0.0423. The second kappa shape index (κ2) is 6.36. The van der Waals surface area contributed by atoms with Crippen LogP contribution in [0.3, 0.4) is 0 Å². The zero-order chi connectivity index (χ0) is 13.1. The van der Waals surface area contributed by atoms with Gasteiger partial charge in [-0.2, -0.15) is 4.31 Å². The molecule has 4 nitrogen and oxygen atoms in total. The van der Waals surface area contributed by atoms with E-state index in [0.29, 0.717) is 31.3 Å². The number of hydrogen-bond acceptors (Lipinski definition) is 3. The van der Waals surface area contributed by atoms with E-state index in [-0.39, 0.29) is 18.0 Å². The fourth-order valence-corrected chi connectivity index (χ4v) is 3.86. The van der Waals surface area contributed by atoms with Gasteiger partial charge in [-0.05, 0) is 19.3 Å². The Labute approximate surface area is 109 Å². The maximum atomic E-state index is 12.1. The monoisotopic (exact) mass is 283 g/mol. The number of hydrogen-bond donors (Lipinski definition) is 0. The Balaban J connectivity index is 2.63. The van der Waals surface area contributed by atoms with Crippen LogP contribution in [0.1, 0.15) is 27.2 Å². The molecule has 0 aliphatic carbocycles. The van der Waals surface area contributed by atoms with Crippen molar-refractivity contribution in [3.05, 3.63) is 0 Å². The van der Waals surface area contributed by atoms with Crippen LogP contribution in [0, 0.1) is 5.92 Å². The number of ether oxygens (including phenoxy) is 1. The summed E-state index contributed by atoms with van der Waals surface area (Å²) in [5.74, 6) is 0.944. The Bertz CT molecular complexity index is 332. The van der Waals surface area contributed by atoms with Crippen molar-refractivity contribution in [2.45, 2.75) is 39.4 Å². The number of sulfonamides is 1. The standard InChI is InChI=1S/C11H22ClNO3S/c1-9(2)4-5-17(14,15)13-7-10(3)16-11(6-12)8-13/h9-11H,4-8H2,1-3H3. The molecule has 0 bridgehead atoms. The summed E-state index contributed by atoms with van der Waals surface area (Å²) in [6.07, 6.45) is 0.426. The highest BCUT2D eigenvalue weighted by atomic mass is 35.5. The summed E-state index contributed by atoms with van der Waals surface area (Å²) in [5, 5.41) is 0. The molecule has 0 spiro atoms. The van der Waals surface area contributed by atoms with Crippen molar-refractivity contribution in [3.63, 3.8) is 0 Å². The first-order valence-corrected chi connectivity index (χ1v) is 8.18. The average Bonchev–Trinajstić information content (AvgIpc) is 2.25. The van der Waals surface area contributed by atoms with E-state index >= 15 is 0 Å².